The van der Waals surface area contributed by atoms with Crippen LogP contribution in [-0.4, -0.2) is 59.3 Å². The van der Waals surface area contributed by atoms with E-state index in [-0.39, 0.29) is 18.1 Å². The molecule has 2 heterocycles. The van der Waals surface area contributed by atoms with Gasteiger partial charge in [-0.05, 0) is 24.3 Å². The Morgan fingerprint density at radius 2 is 2.00 bits per heavy atom. The fourth-order valence-electron chi connectivity index (χ4n) is 2.53. The van der Waals surface area contributed by atoms with Crippen molar-refractivity contribution in [1.82, 2.24) is 20.1 Å². The lowest BCUT2D eigenvalue weighted by Crippen LogP contribution is -2.36. The van der Waals surface area contributed by atoms with E-state index in [0.717, 1.165) is 32.0 Å². The summed E-state index contributed by atoms with van der Waals surface area (Å²) in [5.41, 5.74) is 1.31. The van der Waals surface area contributed by atoms with Crippen molar-refractivity contribution in [2.24, 2.45) is 0 Å². The summed E-state index contributed by atoms with van der Waals surface area (Å²) in [4.78, 5) is 29.7. The third-order valence-electron chi connectivity index (χ3n) is 3.77. The van der Waals surface area contributed by atoms with Crippen LogP contribution in [0.15, 0.2) is 29.1 Å². The van der Waals surface area contributed by atoms with E-state index < -0.39 is 0 Å². The van der Waals surface area contributed by atoms with Gasteiger partial charge in [-0.1, -0.05) is 0 Å². The summed E-state index contributed by atoms with van der Waals surface area (Å²) < 4.78 is 5.34. The number of nitrogens with zero attached hydrogens (tertiary/aromatic N) is 3. The number of anilines is 1. The van der Waals surface area contributed by atoms with Crippen molar-refractivity contribution in [2.45, 2.75) is 6.54 Å². The van der Waals surface area contributed by atoms with Gasteiger partial charge in [0, 0.05) is 31.4 Å². The molecule has 0 radical (unpaired) electrons. The highest BCUT2D eigenvalue weighted by molar-refractivity contribution is 5.94. The number of morpholine rings is 1. The van der Waals surface area contributed by atoms with E-state index in [1.54, 1.807) is 7.05 Å². The van der Waals surface area contributed by atoms with Gasteiger partial charge < -0.3 is 14.5 Å². The third-order valence-corrected chi connectivity index (χ3v) is 3.77. The van der Waals surface area contributed by atoms with Crippen LogP contribution in [0.5, 0.6) is 0 Å². The van der Waals surface area contributed by atoms with E-state index in [1.807, 2.05) is 24.3 Å². The lowest BCUT2D eigenvalue weighted by Gasteiger charge is -2.29. The number of nitrogens with one attached hydrogen (secondary N) is 2. The fourth-order valence-corrected chi connectivity index (χ4v) is 2.53. The molecule has 0 saturated carbocycles. The normalized spacial score (nSPS) is 14.7. The van der Waals surface area contributed by atoms with Crippen LogP contribution >= 0.6 is 0 Å². The second-order valence-electron chi connectivity index (χ2n) is 5.43. The molecule has 2 aromatic rings. The summed E-state index contributed by atoms with van der Waals surface area (Å²) in [5, 5.41) is 6.08. The van der Waals surface area contributed by atoms with Gasteiger partial charge in [-0.3, -0.25) is 9.78 Å². The first-order valence-electron chi connectivity index (χ1n) is 7.45. The van der Waals surface area contributed by atoms with Crippen LogP contribution < -0.4 is 10.6 Å². The van der Waals surface area contributed by atoms with Crippen LogP contribution in [0.1, 0.15) is 16.2 Å². The maximum absolute atomic E-state index is 12.4. The van der Waals surface area contributed by atoms with Crippen LogP contribution in [0, 0.1) is 0 Å². The predicted molar refractivity (Wildman–Crippen MR) is 84.5 cm³/mol. The average molecular weight is 317 g/mol. The Morgan fingerprint density at radius 1 is 1.30 bits per heavy atom. The summed E-state index contributed by atoms with van der Waals surface area (Å²) in [6, 6.07) is 7.53. The number of rotatable bonds is 4. The molecular weight excluding hydrogens is 298 g/mol. The van der Waals surface area contributed by atoms with Crippen molar-refractivity contribution in [3.63, 3.8) is 0 Å². The zero-order chi connectivity index (χ0) is 16.2. The minimum atomic E-state index is -0.379. The quantitative estimate of drug-likeness (QED) is 0.840. The van der Waals surface area contributed by atoms with Crippen molar-refractivity contribution in [3.05, 3.63) is 46.1 Å². The molecule has 3 rings (SSSR count). The van der Waals surface area contributed by atoms with Crippen LogP contribution in [0.2, 0.25) is 0 Å². The van der Waals surface area contributed by atoms with Gasteiger partial charge in [-0.25, -0.2) is 9.89 Å². The highest BCUT2D eigenvalue weighted by atomic mass is 16.5. The smallest absolute Gasteiger partial charge is 0.340 e. The number of benzene rings is 1. The van der Waals surface area contributed by atoms with Crippen molar-refractivity contribution in [1.29, 1.82) is 0 Å². The molecule has 8 nitrogen and oxygen atoms in total. The lowest BCUT2D eigenvalue weighted by atomic mass is 10.1. The summed E-state index contributed by atoms with van der Waals surface area (Å²) in [6.07, 6.45) is 0. The molecule has 2 N–H and O–H groups in total. The minimum Gasteiger partial charge on any atom is -0.378 e. The number of aromatic nitrogens is 3. The monoisotopic (exact) mass is 317 g/mol. The molecule has 1 aromatic carbocycles. The topological polar surface area (TPSA) is 94.3 Å². The fraction of sp³-hybridized carbons (Fsp3) is 0.400. The van der Waals surface area contributed by atoms with Crippen LogP contribution in [0.25, 0.3) is 0 Å². The molecule has 1 fully saturated rings. The maximum Gasteiger partial charge on any atom is 0.340 e. The molecule has 0 atom stereocenters. The molecule has 0 spiro atoms. The van der Waals surface area contributed by atoms with Crippen molar-refractivity contribution >= 4 is 11.6 Å². The van der Waals surface area contributed by atoms with Gasteiger partial charge in [0.1, 0.15) is 0 Å². The SMILES string of the molecule is CN(Cc1n[nH]c(=O)[nH]1)C(=O)c1ccc(N2CCOCC2)cc1. The van der Waals surface area contributed by atoms with Crippen LogP contribution in [0.3, 0.4) is 0 Å². The Hall–Kier alpha value is -2.61. The summed E-state index contributed by atoms with van der Waals surface area (Å²) in [7, 11) is 1.67. The highest BCUT2D eigenvalue weighted by Gasteiger charge is 2.15. The molecule has 1 aromatic heterocycles. The first-order chi connectivity index (χ1) is 11.1. The summed E-state index contributed by atoms with van der Waals surface area (Å²) in [6.45, 7) is 3.42. The molecule has 0 unspecified atom stereocenters. The van der Waals surface area contributed by atoms with Crippen molar-refractivity contribution in [2.75, 3.05) is 38.3 Å². The zero-order valence-corrected chi connectivity index (χ0v) is 12.9. The second-order valence-corrected chi connectivity index (χ2v) is 5.43. The second kappa shape index (κ2) is 6.66. The standard InChI is InChI=1S/C15H19N5O3/c1-19(10-13-16-15(22)18-17-13)14(21)11-2-4-12(5-3-11)20-6-8-23-9-7-20/h2-5H,6-10H2,1H3,(H2,16,17,18,22). The van der Waals surface area contributed by atoms with E-state index in [2.05, 4.69) is 20.1 Å². The molecular formula is C15H19N5O3. The first-order valence-corrected chi connectivity index (χ1v) is 7.45. The van der Waals surface area contributed by atoms with Crippen molar-refractivity contribution in [3.8, 4) is 0 Å². The molecule has 0 aliphatic carbocycles. The number of H-pyrrole nitrogens is 2. The number of ether oxygens (including phenoxy) is 1. The Bertz CT molecular complexity index is 715. The molecule has 1 aliphatic heterocycles. The Balaban J connectivity index is 1.65. The summed E-state index contributed by atoms with van der Waals surface area (Å²) in [5.74, 6) is 0.304. The number of hydrogen-bond acceptors (Lipinski definition) is 5. The van der Waals surface area contributed by atoms with Gasteiger partial charge in [0.25, 0.3) is 5.91 Å². The molecule has 122 valence electrons. The third kappa shape index (κ3) is 3.59. The first kappa shape index (κ1) is 15.3. The molecule has 23 heavy (non-hydrogen) atoms. The Labute approximate surface area is 133 Å². The summed E-state index contributed by atoms with van der Waals surface area (Å²) >= 11 is 0. The van der Waals surface area contributed by atoms with Gasteiger partial charge >= 0.3 is 5.69 Å². The molecule has 0 bridgehead atoms. The molecule has 1 amide bonds. The predicted octanol–water partition coefficient (Wildman–Crippen LogP) is 0.207. The molecule has 8 heteroatoms. The number of aromatic amines is 2. The van der Waals surface area contributed by atoms with Crippen LogP contribution in [-0.2, 0) is 11.3 Å². The Kier molecular flexibility index (Phi) is 4.42. The van der Waals surface area contributed by atoms with E-state index >= 15 is 0 Å². The van der Waals surface area contributed by atoms with Gasteiger partial charge in [0.2, 0.25) is 0 Å². The largest absolute Gasteiger partial charge is 0.378 e. The van der Waals surface area contributed by atoms with Gasteiger partial charge in [-0.15, -0.1) is 0 Å². The average Bonchev–Trinajstić information content (AvgIpc) is 3.00. The van der Waals surface area contributed by atoms with E-state index in [0.29, 0.717) is 11.4 Å². The van der Waals surface area contributed by atoms with Gasteiger partial charge in [0.05, 0.1) is 19.8 Å². The van der Waals surface area contributed by atoms with Gasteiger partial charge in [-0.2, -0.15) is 5.10 Å². The van der Waals surface area contributed by atoms with Crippen molar-refractivity contribution < 1.29 is 9.53 Å². The highest BCUT2D eigenvalue weighted by Crippen LogP contribution is 2.17. The minimum absolute atomic E-state index is 0.123. The number of hydrogen-bond donors (Lipinski definition) is 2. The van der Waals surface area contributed by atoms with Crippen LogP contribution in [0.4, 0.5) is 5.69 Å². The van der Waals surface area contributed by atoms with E-state index in [4.69, 9.17) is 4.74 Å². The Morgan fingerprint density at radius 3 is 2.61 bits per heavy atom. The number of amides is 1. The zero-order valence-electron chi connectivity index (χ0n) is 12.9. The lowest BCUT2D eigenvalue weighted by molar-refractivity contribution is 0.0781. The maximum atomic E-state index is 12.4. The number of carbonyl (C=O) groups excluding carboxylic acids is 1. The van der Waals surface area contributed by atoms with E-state index in [1.165, 1.54) is 4.90 Å². The molecule has 1 saturated heterocycles. The van der Waals surface area contributed by atoms with E-state index in [9.17, 15) is 9.59 Å². The number of carbonyl (C=O) groups is 1. The van der Waals surface area contributed by atoms with Gasteiger partial charge in [0.15, 0.2) is 5.82 Å². The molecule has 1 aliphatic rings.